The second kappa shape index (κ2) is 6.40. The SMILES string of the molecule is CC(C)C(C(=O)NCC(C)(C)N)c1cccc(Cl)c1. The van der Waals surface area contributed by atoms with Crippen LogP contribution in [0.5, 0.6) is 0 Å². The molecule has 1 unspecified atom stereocenters. The van der Waals surface area contributed by atoms with Crippen molar-refractivity contribution in [2.45, 2.75) is 39.2 Å². The van der Waals surface area contributed by atoms with Gasteiger partial charge in [0.2, 0.25) is 5.91 Å². The van der Waals surface area contributed by atoms with Crippen molar-refractivity contribution in [3.63, 3.8) is 0 Å². The van der Waals surface area contributed by atoms with E-state index in [9.17, 15) is 4.79 Å². The van der Waals surface area contributed by atoms with E-state index in [1.165, 1.54) is 0 Å². The van der Waals surface area contributed by atoms with E-state index in [-0.39, 0.29) is 17.7 Å². The molecule has 1 amide bonds. The zero-order chi connectivity index (χ0) is 14.6. The van der Waals surface area contributed by atoms with Crippen molar-refractivity contribution < 1.29 is 4.79 Å². The van der Waals surface area contributed by atoms with Crippen molar-refractivity contribution in [3.05, 3.63) is 34.9 Å². The molecular weight excluding hydrogens is 260 g/mol. The molecule has 3 nitrogen and oxygen atoms in total. The third kappa shape index (κ3) is 5.21. The maximum atomic E-state index is 12.3. The number of nitrogens with one attached hydrogen (secondary N) is 1. The van der Waals surface area contributed by atoms with Crippen LogP contribution in [0.25, 0.3) is 0 Å². The summed E-state index contributed by atoms with van der Waals surface area (Å²) in [5, 5.41) is 3.56. The summed E-state index contributed by atoms with van der Waals surface area (Å²) in [6, 6.07) is 7.46. The number of hydrogen-bond acceptors (Lipinski definition) is 2. The van der Waals surface area contributed by atoms with Crippen LogP contribution in [0.1, 0.15) is 39.2 Å². The van der Waals surface area contributed by atoms with Gasteiger partial charge >= 0.3 is 0 Å². The zero-order valence-electron chi connectivity index (χ0n) is 12.0. The second-order valence-corrected chi connectivity index (χ2v) is 6.42. The Bertz CT molecular complexity index is 438. The number of amides is 1. The summed E-state index contributed by atoms with van der Waals surface area (Å²) in [7, 11) is 0. The number of halogens is 1. The second-order valence-electron chi connectivity index (χ2n) is 5.98. The molecule has 1 aromatic carbocycles. The predicted molar refractivity (Wildman–Crippen MR) is 80.3 cm³/mol. The number of benzene rings is 1. The van der Waals surface area contributed by atoms with Crippen molar-refractivity contribution in [3.8, 4) is 0 Å². The summed E-state index contributed by atoms with van der Waals surface area (Å²) < 4.78 is 0. The Hall–Kier alpha value is -1.06. The number of hydrogen-bond donors (Lipinski definition) is 2. The molecule has 0 radical (unpaired) electrons. The first-order chi connectivity index (χ1) is 8.70. The summed E-state index contributed by atoms with van der Waals surface area (Å²) in [4.78, 5) is 12.3. The molecule has 1 rings (SSSR count). The van der Waals surface area contributed by atoms with Gasteiger partial charge in [0, 0.05) is 17.1 Å². The molecule has 1 aromatic rings. The number of carbonyl (C=O) groups excluding carboxylic acids is 1. The maximum absolute atomic E-state index is 12.3. The molecule has 19 heavy (non-hydrogen) atoms. The first kappa shape index (κ1) is 16.0. The monoisotopic (exact) mass is 282 g/mol. The van der Waals surface area contributed by atoms with Gasteiger partial charge in [-0.1, -0.05) is 37.6 Å². The highest BCUT2D eigenvalue weighted by Gasteiger charge is 2.25. The van der Waals surface area contributed by atoms with Crippen molar-refractivity contribution in [2.75, 3.05) is 6.54 Å². The molecule has 0 fully saturated rings. The topological polar surface area (TPSA) is 55.1 Å². The van der Waals surface area contributed by atoms with Crippen molar-refractivity contribution in [1.82, 2.24) is 5.32 Å². The molecule has 0 heterocycles. The van der Waals surface area contributed by atoms with E-state index in [1.807, 2.05) is 52.0 Å². The molecule has 3 N–H and O–H groups in total. The first-order valence-electron chi connectivity index (χ1n) is 6.53. The molecule has 0 bridgehead atoms. The van der Waals surface area contributed by atoms with Crippen LogP contribution in [0.4, 0.5) is 0 Å². The van der Waals surface area contributed by atoms with Gasteiger partial charge in [0.15, 0.2) is 0 Å². The molecule has 106 valence electrons. The summed E-state index contributed by atoms with van der Waals surface area (Å²) in [6.45, 7) is 8.28. The smallest absolute Gasteiger partial charge is 0.227 e. The minimum absolute atomic E-state index is 0.00390. The Morgan fingerprint density at radius 1 is 1.42 bits per heavy atom. The van der Waals surface area contributed by atoms with Crippen LogP contribution >= 0.6 is 11.6 Å². The Morgan fingerprint density at radius 2 is 2.05 bits per heavy atom. The van der Waals surface area contributed by atoms with E-state index >= 15 is 0 Å². The Morgan fingerprint density at radius 3 is 2.53 bits per heavy atom. The van der Waals surface area contributed by atoms with Gasteiger partial charge in [-0.25, -0.2) is 0 Å². The lowest BCUT2D eigenvalue weighted by Crippen LogP contribution is -2.46. The third-order valence-corrected chi connectivity index (χ3v) is 3.11. The number of nitrogens with two attached hydrogens (primary N) is 1. The summed E-state index contributed by atoms with van der Waals surface area (Å²) in [5.74, 6) is -0.0174. The van der Waals surface area contributed by atoms with Gasteiger partial charge in [0.25, 0.3) is 0 Å². The van der Waals surface area contributed by atoms with Gasteiger partial charge in [-0.3, -0.25) is 4.79 Å². The van der Waals surface area contributed by atoms with Crippen LogP contribution in [0.15, 0.2) is 24.3 Å². The van der Waals surface area contributed by atoms with Gasteiger partial charge in [-0.15, -0.1) is 0 Å². The standard InChI is InChI=1S/C15H23ClN2O/c1-10(2)13(11-6-5-7-12(16)8-11)14(19)18-9-15(3,4)17/h5-8,10,13H,9,17H2,1-4H3,(H,18,19). The third-order valence-electron chi connectivity index (χ3n) is 2.88. The highest BCUT2D eigenvalue weighted by Crippen LogP contribution is 2.26. The highest BCUT2D eigenvalue weighted by molar-refractivity contribution is 6.30. The van der Waals surface area contributed by atoms with E-state index in [0.717, 1.165) is 5.56 Å². The number of rotatable bonds is 5. The lowest BCUT2D eigenvalue weighted by molar-refractivity contribution is -0.123. The lowest BCUT2D eigenvalue weighted by Gasteiger charge is -2.24. The summed E-state index contributed by atoms with van der Waals surface area (Å²) in [5.41, 5.74) is 6.42. The molecule has 0 spiro atoms. The molecule has 0 aliphatic rings. The lowest BCUT2D eigenvalue weighted by atomic mass is 9.87. The predicted octanol–water partition coefficient (Wildman–Crippen LogP) is 2.93. The fraction of sp³-hybridized carbons (Fsp3) is 0.533. The highest BCUT2D eigenvalue weighted by atomic mass is 35.5. The normalized spacial score (nSPS) is 13.4. The Balaban J connectivity index is 2.86. The van der Waals surface area contributed by atoms with Gasteiger partial charge in [-0.05, 0) is 37.5 Å². The first-order valence-corrected chi connectivity index (χ1v) is 6.90. The zero-order valence-corrected chi connectivity index (χ0v) is 12.8. The Labute approximate surface area is 120 Å². The van der Waals surface area contributed by atoms with Crippen LogP contribution in [0.3, 0.4) is 0 Å². The van der Waals surface area contributed by atoms with Gasteiger partial charge in [-0.2, -0.15) is 0 Å². The van der Waals surface area contributed by atoms with E-state index in [2.05, 4.69) is 5.32 Å². The Kier molecular flexibility index (Phi) is 5.39. The molecule has 1 atom stereocenters. The molecular formula is C15H23ClN2O. The van der Waals surface area contributed by atoms with Crippen LogP contribution in [0, 0.1) is 5.92 Å². The largest absolute Gasteiger partial charge is 0.354 e. The minimum atomic E-state index is -0.411. The maximum Gasteiger partial charge on any atom is 0.227 e. The van der Waals surface area contributed by atoms with Crippen molar-refractivity contribution in [2.24, 2.45) is 11.7 Å². The molecule has 4 heteroatoms. The molecule has 0 aromatic heterocycles. The number of carbonyl (C=O) groups is 1. The van der Waals surface area contributed by atoms with Crippen LogP contribution in [-0.4, -0.2) is 18.0 Å². The van der Waals surface area contributed by atoms with Crippen LogP contribution in [-0.2, 0) is 4.79 Å². The molecule has 0 aliphatic heterocycles. The van der Waals surface area contributed by atoms with E-state index < -0.39 is 5.54 Å². The fourth-order valence-corrected chi connectivity index (χ4v) is 2.16. The van der Waals surface area contributed by atoms with Gasteiger partial charge < -0.3 is 11.1 Å². The van der Waals surface area contributed by atoms with Crippen molar-refractivity contribution in [1.29, 1.82) is 0 Å². The fourth-order valence-electron chi connectivity index (χ4n) is 1.96. The van der Waals surface area contributed by atoms with E-state index in [1.54, 1.807) is 0 Å². The van der Waals surface area contributed by atoms with Gasteiger partial charge in [0.1, 0.15) is 0 Å². The van der Waals surface area contributed by atoms with E-state index in [4.69, 9.17) is 17.3 Å². The van der Waals surface area contributed by atoms with Gasteiger partial charge in [0.05, 0.1) is 5.92 Å². The minimum Gasteiger partial charge on any atom is -0.354 e. The average molecular weight is 283 g/mol. The molecule has 0 saturated heterocycles. The summed E-state index contributed by atoms with van der Waals surface area (Å²) in [6.07, 6.45) is 0. The van der Waals surface area contributed by atoms with Crippen LogP contribution < -0.4 is 11.1 Å². The molecule has 0 aliphatic carbocycles. The van der Waals surface area contributed by atoms with E-state index in [0.29, 0.717) is 11.6 Å². The molecule has 0 saturated carbocycles. The van der Waals surface area contributed by atoms with Crippen molar-refractivity contribution >= 4 is 17.5 Å². The quantitative estimate of drug-likeness (QED) is 0.872. The summed E-state index contributed by atoms with van der Waals surface area (Å²) >= 11 is 6.00. The average Bonchev–Trinajstić information content (AvgIpc) is 2.25. The van der Waals surface area contributed by atoms with Crippen LogP contribution in [0.2, 0.25) is 5.02 Å².